The molecule has 1 aromatic carbocycles. The molecule has 0 spiro atoms. The van der Waals surface area contributed by atoms with Gasteiger partial charge < -0.3 is 14.8 Å². The van der Waals surface area contributed by atoms with E-state index in [0.717, 1.165) is 25.0 Å². The Bertz CT molecular complexity index is 807. The lowest BCUT2D eigenvalue weighted by Gasteiger charge is -2.22. The number of pyridine rings is 1. The van der Waals surface area contributed by atoms with Gasteiger partial charge in [0.05, 0.1) is 23.7 Å². The molecule has 0 bridgehead atoms. The van der Waals surface area contributed by atoms with Crippen molar-refractivity contribution in [3.63, 3.8) is 0 Å². The summed E-state index contributed by atoms with van der Waals surface area (Å²) in [5.41, 5.74) is -0.344. The SMILES string of the molecule is O=C(Nc1ccc(F)c([N+](=O)[O-])c1)c1ccc(OC2CCOCC2)nc1. The highest BCUT2D eigenvalue weighted by atomic mass is 19.1. The number of benzene rings is 1. The van der Waals surface area contributed by atoms with Crippen LogP contribution in [0.2, 0.25) is 0 Å². The Labute approximate surface area is 148 Å². The van der Waals surface area contributed by atoms with Crippen LogP contribution in [0.1, 0.15) is 23.2 Å². The van der Waals surface area contributed by atoms with Crippen LogP contribution >= 0.6 is 0 Å². The van der Waals surface area contributed by atoms with Crippen LogP contribution in [-0.4, -0.2) is 35.1 Å². The molecule has 1 N–H and O–H groups in total. The average Bonchev–Trinajstić information content (AvgIpc) is 2.64. The van der Waals surface area contributed by atoms with Gasteiger partial charge in [-0.05, 0) is 18.2 Å². The van der Waals surface area contributed by atoms with E-state index in [0.29, 0.717) is 19.1 Å². The second kappa shape index (κ2) is 7.87. The van der Waals surface area contributed by atoms with Crippen molar-refractivity contribution in [3.8, 4) is 5.88 Å². The normalized spacial score (nSPS) is 14.7. The van der Waals surface area contributed by atoms with Crippen LogP contribution in [0, 0.1) is 15.9 Å². The quantitative estimate of drug-likeness (QED) is 0.649. The third-order valence-electron chi connectivity index (χ3n) is 3.85. The zero-order valence-corrected chi connectivity index (χ0v) is 13.7. The first kappa shape index (κ1) is 17.7. The van der Waals surface area contributed by atoms with E-state index in [1.54, 1.807) is 6.07 Å². The summed E-state index contributed by atoms with van der Waals surface area (Å²) in [4.78, 5) is 26.2. The number of nitro groups is 1. The van der Waals surface area contributed by atoms with E-state index in [-0.39, 0.29) is 17.4 Å². The van der Waals surface area contributed by atoms with Crippen molar-refractivity contribution in [1.29, 1.82) is 0 Å². The Morgan fingerprint density at radius 2 is 2.08 bits per heavy atom. The summed E-state index contributed by atoms with van der Waals surface area (Å²) >= 11 is 0. The molecule has 2 heterocycles. The molecule has 1 saturated heterocycles. The molecule has 1 aliphatic rings. The molecule has 0 saturated carbocycles. The molecule has 0 aliphatic carbocycles. The molecule has 0 unspecified atom stereocenters. The number of amides is 1. The molecule has 1 amide bonds. The van der Waals surface area contributed by atoms with Gasteiger partial charge >= 0.3 is 5.69 Å². The standard InChI is InChI=1S/C17H16FN3O5/c18-14-3-2-12(9-15(14)21(23)24)20-17(22)11-1-4-16(19-10-11)26-13-5-7-25-8-6-13/h1-4,9-10,13H,5-8H2,(H,20,22). The fourth-order valence-electron chi connectivity index (χ4n) is 2.48. The Hall–Kier alpha value is -3.07. The van der Waals surface area contributed by atoms with Gasteiger partial charge in [0.2, 0.25) is 11.7 Å². The molecule has 0 radical (unpaired) electrons. The lowest BCUT2D eigenvalue weighted by molar-refractivity contribution is -0.387. The molecule has 8 nitrogen and oxygen atoms in total. The van der Waals surface area contributed by atoms with Gasteiger partial charge in [0, 0.05) is 36.9 Å². The van der Waals surface area contributed by atoms with Crippen molar-refractivity contribution in [2.24, 2.45) is 0 Å². The molecule has 0 atom stereocenters. The minimum absolute atomic E-state index is 0.0377. The van der Waals surface area contributed by atoms with Gasteiger partial charge in [0.25, 0.3) is 5.91 Å². The number of carbonyl (C=O) groups excluding carboxylic acids is 1. The predicted molar refractivity (Wildman–Crippen MR) is 89.7 cm³/mol. The average molecular weight is 361 g/mol. The van der Waals surface area contributed by atoms with Crippen LogP contribution in [-0.2, 0) is 4.74 Å². The molecule has 3 rings (SSSR count). The zero-order valence-electron chi connectivity index (χ0n) is 13.7. The number of nitrogens with zero attached hydrogens (tertiary/aromatic N) is 2. The summed E-state index contributed by atoms with van der Waals surface area (Å²) < 4.78 is 24.3. The summed E-state index contributed by atoms with van der Waals surface area (Å²) in [5, 5.41) is 13.2. The van der Waals surface area contributed by atoms with Crippen LogP contribution in [0.15, 0.2) is 36.5 Å². The van der Waals surface area contributed by atoms with Crippen LogP contribution in [0.4, 0.5) is 15.8 Å². The number of aromatic nitrogens is 1. The number of halogens is 1. The molecule has 1 fully saturated rings. The van der Waals surface area contributed by atoms with Crippen LogP contribution in [0.3, 0.4) is 0 Å². The molecule has 136 valence electrons. The van der Waals surface area contributed by atoms with Gasteiger partial charge in [0.15, 0.2) is 0 Å². The fraction of sp³-hybridized carbons (Fsp3) is 0.294. The fourth-order valence-corrected chi connectivity index (χ4v) is 2.48. The maximum Gasteiger partial charge on any atom is 0.306 e. The first-order valence-corrected chi connectivity index (χ1v) is 7.98. The molecule has 26 heavy (non-hydrogen) atoms. The Balaban J connectivity index is 1.64. The Morgan fingerprint density at radius 3 is 2.73 bits per heavy atom. The summed E-state index contributed by atoms with van der Waals surface area (Å²) in [6.07, 6.45) is 2.96. The molecule has 2 aromatic rings. The van der Waals surface area contributed by atoms with Crippen LogP contribution < -0.4 is 10.1 Å². The first-order chi connectivity index (χ1) is 12.5. The third kappa shape index (κ3) is 4.31. The van der Waals surface area contributed by atoms with Crippen LogP contribution in [0.25, 0.3) is 0 Å². The summed E-state index contributed by atoms with van der Waals surface area (Å²) in [5.74, 6) is -1.08. The number of hydrogen-bond donors (Lipinski definition) is 1. The molecule has 1 aliphatic heterocycles. The van der Waals surface area contributed by atoms with Gasteiger partial charge in [0.1, 0.15) is 6.10 Å². The van der Waals surface area contributed by atoms with Crippen molar-refractivity contribution in [2.45, 2.75) is 18.9 Å². The van der Waals surface area contributed by atoms with Crippen molar-refractivity contribution < 1.29 is 23.6 Å². The smallest absolute Gasteiger partial charge is 0.306 e. The zero-order chi connectivity index (χ0) is 18.5. The topological polar surface area (TPSA) is 104 Å². The predicted octanol–water partition coefficient (Wildman–Crippen LogP) is 2.94. The van der Waals surface area contributed by atoms with Gasteiger partial charge in [-0.2, -0.15) is 4.39 Å². The minimum atomic E-state index is -0.968. The lowest BCUT2D eigenvalue weighted by Crippen LogP contribution is -2.26. The van der Waals surface area contributed by atoms with E-state index in [1.165, 1.54) is 18.3 Å². The Kier molecular flexibility index (Phi) is 5.37. The van der Waals surface area contributed by atoms with Gasteiger partial charge in [-0.1, -0.05) is 0 Å². The van der Waals surface area contributed by atoms with Gasteiger partial charge in [-0.15, -0.1) is 0 Å². The summed E-state index contributed by atoms with van der Waals surface area (Å²) in [6.45, 7) is 1.30. The number of nitrogens with one attached hydrogen (secondary N) is 1. The van der Waals surface area contributed by atoms with E-state index in [2.05, 4.69) is 10.3 Å². The first-order valence-electron chi connectivity index (χ1n) is 7.98. The van der Waals surface area contributed by atoms with Crippen molar-refractivity contribution in [1.82, 2.24) is 4.98 Å². The number of nitro benzene ring substituents is 1. The minimum Gasteiger partial charge on any atom is -0.474 e. The lowest BCUT2D eigenvalue weighted by atomic mass is 10.1. The van der Waals surface area contributed by atoms with Gasteiger partial charge in [-0.25, -0.2) is 4.98 Å². The van der Waals surface area contributed by atoms with E-state index in [9.17, 15) is 19.3 Å². The maximum atomic E-state index is 13.3. The number of carbonyl (C=O) groups is 1. The van der Waals surface area contributed by atoms with E-state index >= 15 is 0 Å². The summed E-state index contributed by atoms with van der Waals surface area (Å²) in [7, 11) is 0. The summed E-state index contributed by atoms with van der Waals surface area (Å²) in [6, 6.07) is 6.25. The molecular formula is C17H16FN3O5. The maximum absolute atomic E-state index is 13.3. The van der Waals surface area contributed by atoms with Gasteiger partial charge in [-0.3, -0.25) is 14.9 Å². The Morgan fingerprint density at radius 1 is 1.31 bits per heavy atom. The number of rotatable bonds is 5. The van der Waals surface area contributed by atoms with Crippen molar-refractivity contribution in [2.75, 3.05) is 18.5 Å². The number of hydrogen-bond acceptors (Lipinski definition) is 6. The third-order valence-corrected chi connectivity index (χ3v) is 3.85. The highest BCUT2D eigenvalue weighted by molar-refractivity contribution is 6.04. The van der Waals surface area contributed by atoms with E-state index in [1.807, 2.05) is 0 Å². The highest BCUT2D eigenvalue weighted by Gasteiger charge is 2.17. The second-order valence-corrected chi connectivity index (χ2v) is 5.69. The number of anilines is 1. The molecule has 1 aromatic heterocycles. The number of ether oxygens (including phenoxy) is 2. The van der Waals surface area contributed by atoms with Crippen molar-refractivity contribution >= 4 is 17.3 Å². The molecular weight excluding hydrogens is 345 g/mol. The van der Waals surface area contributed by atoms with Crippen molar-refractivity contribution in [3.05, 3.63) is 58.0 Å². The van der Waals surface area contributed by atoms with E-state index in [4.69, 9.17) is 9.47 Å². The van der Waals surface area contributed by atoms with E-state index < -0.39 is 22.3 Å². The largest absolute Gasteiger partial charge is 0.474 e. The highest BCUT2D eigenvalue weighted by Crippen LogP contribution is 2.22. The van der Waals surface area contributed by atoms with Crippen LogP contribution in [0.5, 0.6) is 5.88 Å². The second-order valence-electron chi connectivity index (χ2n) is 5.69. The molecule has 9 heteroatoms. The monoisotopic (exact) mass is 361 g/mol.